The Labute approximate surface area is 120 Å². The van der Waals surface area contributed by atoms with Crippen molar-refractivity contribution in [1.82, 2.24) is 4.90 Å². The number of amides is 1. The summed E-state index contributed by atoms with van der Waals surface area (Å²) in [5.41, 5.74) is 2.66. The summed E-state index contributed by atoms with van der Waals surface area (Å²) in [4.78, 5) is 14.8. The van der Waals surface area contributed by atoms with Crippen LogP contribution in [-0.4, -0.2) is 28.6 Å². The molecular formula is C17H23NO2. The van der Waals surface area contributed by atoms with Gasteiger partial charge in [0.2, 0.25) is 5.91 Å². The van der Waals surface area contributed by atoms with Crippen LogP contribution >= 0.6 is 0 Å². The average Bonchev–Trinajstić information content (AvgIpc) is 2.91. The molecule has 1 fully saturated rings. The van der Waals surface area contributed by atoms with Gasteiger partial charge in [0.05, 0.1) is 18.1 Å². The quantitative estimate of drug-likeness (QED) is 0.900. The SMILES string of the molecule is CCC1c2ccccc2CCN1C(=O)C1CCCC1O. The van der Waals surface area contributed by atoms with E-state index in [1.54, 1.807) is 0 Å². The van der Waals surface area contributed by atoms with Crippen LogP contribution in [0.25, 0.3) is 0 Å². The lowest BCUT2D eigenvalue weighted by Crippen LogP contribution is -2.44. The zero-order valence-corrected chi connectivity index (χ0v) is 12.1. The van der Waals surface area contributed by atoms with Gasteiger partial charge in [-0.3, -0.25) is 4.79 Å². The van der Waals surface area contributed by atoms with Gasteiger partial charge in [-0.2, -0.15) is 0 Å². The number of nitrogens with zero attached hydrogens (tertiary/aromatic N) is 1. The Morgan fingerprint density at radius 1 is 1.35 bits per heavy atom. The van der Waals surface area contributed by atoms with Gasteiger partial charge in [-0.1, -0.05) is 31.2 Å². The number of carbonyl (C=O) groups excluding carboxylic acids is 1. The van der Waals surface area contributed by atoms with Gasteiger partial charge >= 0.3 is 0 Å². The molecule has 3 heteroatoms. The van der Waals surface area contributed by atoms with Crippen LogP contribution in [0.15, 0.2) is 24.3 Å². The minimum atomic E-state index is -0.433. The van der Waals surface area contributed by atoms with Crippen molar-refractivity contribution in [2.75, 3.05) is 6.54 Å². The lowest BCUT2D eigenvalue weighted by molar-refractivity contribution is -0.141. The van der Waals surface area contributed by atoms with E-state index in [2.05, 4.69) is 31.2 Å². The lowest BCUT2D eigenvalue weighted by Gasteiger charge is -2.38. The van der Waals surface area contributed by atoms with E-state index >= 15 is 0 Å². The van der Waals surface area contributed by atoms with Crippen LogP contribution in [0.5, 0.6) is 0 Å². The van der Waals surface area contributed by atoms with Crippen LogP contribution in [0.1, 0.15) is 49.8 Å². The number of rotatable bonds is 2. The molecule has 0 radical (unpaired) electrons. The predicted octanol–water partition coefficient (Wildman–Crippen LogP) is 2.68. The highest BCUT2D eigenvalue weighted by atomic mass is 16.3. The normalized spacial score (nSPS) is 29.3. The summed E-state index contributed by atoms with van der Waals surface area (Å²) >= 11 is 0. The number of aliphatic hydroxyl groups is 1. The van der Waals surface area contributed by atoms with Gasteiger partial charge in [-0.05, 0) is 43.2 Å². The van der Waals surface area contributed by atoms with Gasteiger partial charge in [0, 0.05) is 6.54 Å². The Kier molecular flexibility index (Phi) is 3.79. The maximum Gasteiger partial charge on any atom is 0.228 e. The molecule has 108 valence electrons. The van der Waals surface area contributed by atoms with Crippen molar-refractivity contribution in [3.05, 3.63) is 35.4 Å². The zero-order valence-electron chi connectivity index (χ0n) is 12.1. The predicted molar refractivity (Wildman–Crippen MR) is 78.2 cm³/mol. The van der Waals surface area contributed by atoms with E-state index in [0.29, 0.717) is 0 Å². The minimum Gasteiger partial charge on any atom is -0.392 e. The minimum absolute atomic E-state index is 0.163. The Balaban J connectivity index is 1.85. The summed E-state index contributed by atoms with van der Waals surface area (Å²) < 4.78 is 0. The highest BCUT2D eigenvalue weighted by molar-refractivity contribution is 5.80. The highest BCUT2D eigenvalue weighted by Gasteiger charge is 2.38. The molecule has 1 aliphatic carbocycles. The number of hydrogen-bond acceptors (Lipinski definition) is 2. The topological polar surface area (TPSA) is 40.5 Å². The van der Waals surface area contributed by atoms with Gasteiger partial charge < -0.3 is 10.0 Å². The second kappa shape index (κ2) is 5.57. The Bertz CT molecular complexity index is 500. The van der Waals surface area contributed by atoms with Crippen LogP contribution in [0.3, 0.4) is 0 Å². The number of aliphatic hydroxyl groups excluding tert-OH is 1. The van der Waals surface area contributed by atoms with Crippen LogP contribution in [-0.2, 0) is 11.2 Å². The smallest absolute Gasteiger partial charge is 0.228 e. The first-order valence-electron chi connectivity index (χ1n) is 7.78. The fourth-order valence-corrected chi connectivity index (χ4v) is 3.80. The molecule has 1 saturated carbocycles. The van der Waals surface area contributed by atoms with E-state index in [4.69, 9.17) is 0 Å². The number of hydrogen-bond donors (Lipinski definition) is 1. The molecule has 3 rings (SSSR count). The van der Waals surface area contributed by atoms with E-state index in [-0.39, 0.29) is 17.9 Å². The highest BCUT2D eigenvalue weighted by Crippen LogP contribution is 2.36. The van der Waals surface area contributed by atoms with E-state index in [0.717, 1.165) is 38.6 Å². The molecule has 1 N–H and O–H groups in total. The van der Waals surface area contributed by atoms with Crippen LogP contribution in [0, 0.1) is 5.92 Å². The van der Waals surface area contributed by atoms with Crippen LogP contribution in [0.2, 0.25) is 0 Å². The number of benzene rings is 1. The third kappa shape index (κ3) is 2.24. The number of carbonyl (C=O) groups is 1. The van der Waals surface area contributed by atoms with Crippen molar-refractivity contribution >= 4 is 5.91 Å². The summed E-state index contributed by atoms with van der Waals surface area (Å²) in [7, 11) is 0. The monoisotopic (exact) mass is 273 g/mol. The molecule has 0 saturated heterocycles. The van der Waals surface area contributed by atoms with Gasteiger partial charge in [-0.15, -0.1) is 0 Å². The molecule has 1 aliphatic heterocycles. The molecule has 3 nitrogen and oxygen atoms in total. The number of fused-ring (bicyclic) bond motifs is 1. The molecule has 0 spiro atoms. The van der Waals surface area contributed by atoms with Crippen molar-refractivity contribution in [1.29, 1.82) is 0 Å². The van der Waals surface area contributed by atoms with Crippen LogP contribution in [0.4, 0.5) is 0 Å². The Morgan fingerprint density at radius 2 is 2.15 bits per heavy atom. The Hall–Kier alpha value is -1.35. The second-order valence-corrected chi connectivity index (χ2v) is 6.01. The molecule has 1 aromatic carbocycles. The van der Waals surface area contributed by atoms with Crippen molar-refractivity contribution in [2.45, 2.75) is 51.2 Å². The van der Waals surface area contributed by atoms with Gasteiger partial charge in [-0.25, -0.2) is 0 Å². The molecule has 1 heterocycles. The van der Waals surface area contributed by atoms with Crippen LogP contribution < -0.4 is 0 Å². The van der Waals surface area contributed by atoms with E-state index in [1.807, 2.05) is 4.90 Å². The van der Waals surface area contributed by atoms with Crippen molar-refractivity contribution < 1.29 is 9.90 Å². The average molecular weight is 273 g/mol. The fourth-order valence-electron chi connectivity index (χ4n) is 3.80. The molecular weight excluding hydrogens is 250 g/mol. The van der Waals surface area contributed by atoms with Gasteiger partial charge in [0.15, 0.2) is 0 Å². The first-order valence-corrected chi connectivity index (χ1v) is 7.78. The van der Waals surface area contributed by atoms with Gasteiger partial charge in [0.25, 0.3) is 0 Å². The summed E-state index contributed by atoms with van der Waals surface area (Å²) in [5.74, 6) is -0.00864. The maximum atomic E-state index is 12.8. The zero-order chi connectivity index (χ0) is 14.1. The molecule has 0 bridgehead atoms. The van der Waals surface area contributed by atoms with E-state index in [9.17, 15) is 9.90 Å². The van der Waals surface area contributed by atoms with Crippen molar-refractivity contribution in [3.8, 4) is 0 Å². The third-order valence-corrected chi connectivity index (χ3v) is 4.88. The van der Waals surface area contributed by atoms with E-state index < -0.39 is 6.10 Å². The molecule has 1 amide bonds. The summed E-state index contributed by atoms with van der Waals surface area (Å²) in [6.07, 6.45) is 4.02. The van der Waals surface area contributed by atoms with E-state index in [1.165, 1.54) is 11.1 Å². The Morgan fingerprint density at radius 3 is 2.85 bits per heavy atom. The van der Waals surface area contributed by atoms with Crippen molar-refractivity contribution in [2.24, 2.45) is 5.92 Å². The first-order chi connectivity index (χ1) is 9.72. The lowest BCUT2D eigenvalue weighted by atomic mass is 9.89. The summed E-state index contributed by atoms with van der Waals surface area (Å²) in [6.45, 7) is 2.93. The molecule has 1 aromatic rings. The van der Waals surface area contributed by atoms with Gasteiger partial charge in [0.1, 0.15) is 0 Å². The standard InChI is InChI=1S/C17H23NO2/c1-2-15-13-7-4-3-6-12(13)10-11-18(15)17(20)14-8-5-9-16(14)19/h3-4,6-7,14-16,19H,2,5,8-11H2,1H3. The maximum absolute atomic E-state index is 12.8. The molecule has 0 aromatic heterocycles. The third-order valence-electron chi connectivity index (χ3n) is 4.88. The molecule has 3 atom stereocenters. The molecule has 20 heavy (non-hydrogen) atoms. The summed E-state index contributed by atoms with van der Waals surface area (Å²) in [5, 5.41) is 10.00. The largest absolute Gasteiger partial charge is 0.392 e. The first kappa shape index (κ1) is 13.6. The molecule has 2 aliphatic rings. The second-order valence-electron chi connectivity index (χ2n) is 6.01. The van der Waals surface area contributed by atoms with Crippen molar-refractivity contribution in [3.63, 3.8) is 0 Å². The fraction of sp³-hybridized carbons (Fsp3) is 0.588. The summed E-state index contributed by atoms with van der Waals surface area (Å²) in [6, 6.07) is 8.63. The molecule has 3 unspecified atom stereocenters.